The van der Waals surface area contributed by atoms with E-state index in [1.807, 2.05) is 19.2 Å². The highest BCUT2D eigenvalue weighted by Crippen LogP contribution is 2.15. The van der Waals surface area contributed by atoms with Crippen molar-refractivity contribution in [3.05, 3.63) is 35.1 Å². The first-order chi connectivity index (χ1) is 6.15. The third-order valence-corrected chi connectivity index (χ3v) is 1.98. The van der Waals surface area contributed by atoms with Crippen molar-refractivity contribution in [2.24, 2.45) is 0 Å². The van der Waals surface area contributed by atoms with Gasteiger partial charge in [0, 0.05) is 0 Å². The number of hydrogen-bond donors (Lipinski definition) is 1. The van der Waals surface area contributed by atoms with E-state index in [0.29, 0.717) is 5.56 Å². The lowest BCUT2D eigenvalue weighted by molar-refractivity contribution is 0.608. The summed E-state index contributed by atoms with van der Waals surface area (Å²) in [5.41, 5.74) is 1.40. The summed E-state index contributed by atoms with van der Waals surface area (Å²) in [6, 6.07) is 4.83. The van der Waals surface area contributed by atoms with Crippen molar-refractivity contribution in [3.8, 4) is 6.19 Å². The average molecular weight is 178 g/mol. The molecule has 13 heavy (non-hydrogen) atoms. The van der Waals surface area contributed by atoms with E-state index in [4.69, 9.17) is 5.26 Å². The van der Waals surface area contributed by atoms with Gasteiger partial charge < -0.3 is 5.32 Å². The lowest BCUT2D eigenvalue weighted by Crippen LogP contribution is -2.11. The Morgan fingerprint density at radius 3 is 2.77 bits per heavy atom. The summed E-state index contributed by atoms with van der Waals surface area (Å²) >= 11 is 0. The largest absolute Gasteiger partial charge is 0.317 e. The lowest BCUT2D eigenvalue weighted by atomic mass is 10.1. The van der Waals surface area contributed by atoms with E-state index in [1.165, 1.54) is 6.07 Å². The standard InChI is InChI=1S/C10H11FN2/c1-7-3-4-9(5-10(7)11)8(2)13-6-12/h3-5,8,13H,1-2H3. The molecule has 1 rings (SSSR count). The maximum Gasteiger partial charge on any atom is 0.177 e. The predicted octanol–water partition coefficient (Wildman–Crippen LogP) is 2.27. The molecule has 1 N–H and O–H groups in total. The Bertz CT molecular complexity index is 341. The van der Waals surface area contributed by atoms with Crippen molar-refractivity contribution in [1.29, 1.82) is 5.26 Å². The molecule has 0 bridgehead atoms. The summed E-state index contributed by atoms with van der Waals surface area (Å²) in [4.78, 5) is 0. The van der Waals surface area contributed by atoms with E-state index in [-0.39, 0.29) is 11.9 Å². The molecule has 0 saturated heterocycles. The van der Waals surface area contributed by atoms with Gasteiger partial charge in [-0.15, -0.1) is 0 Å². The molecule has 0 fully saturated rings. The molecule has 0 aliphatic heterocycles. The third kappa shape index (κ3) is 2.19. The van der Waals surface area contributed by atoms with Crippen LogP contribution in [0.1, 0.15) is 24.1 Å². The van der Waals surface area contributed by atoms with Crippen LogP contribution in [0.5, 0.6) is 0 Å². The molecule has 68 valence electrons. The minimum absolute atomic E-state index is 0.139. The maximum absolute atomic E-state index is 13.1. The van der Waals surface area contributed by atoms with Crippen molar-refractivity contribution in [1.82, 2.24) is 5.32 Å². The molecular formula is C10H11FN2. The highest BCUT2D eigenvalue weighted by Gasteiger charge is 2.05. The number of nitrogens with one attached hydrogen (secondary N) is 1. The Labute approximate surface area is 77.0 Å². The fraction of sp³-hybridized carbons (Fsp3) is 0.300. The molecule has 0 amide bonds. The number of halogens is 1. The van der Waals surface area contributed by atoms with Gasteiger partial charge in [-0.2, -0.15) is 5.26 Å². The Balaban J connectivity index is 2.91. The Hall–Kier alpha value is -1.56. The number of nitrogens with zero attached hydrogens (tertiary/aromatic N) is 1. The molecule has 0 aliphatic carbocycles. The molecule has 1 atom stereocenters. The predicted molar refractivity (Wildman–Crippen MR) is 48.3 cm³/mol. The van der Waals surface area contributed by atoms with E-state index in [0.717, 1.165) is 5.56 Å². The second-order valence-electron chi connectivity index (χ2n) is 2.99. The van der Waals surface area contributed by atoms with Crippen LogP contribution in [0.3, 0.4) is 0 Å². The van der Waals surface area contributed by atoms with Gasteiger partial charge in [-0.25, -0.2) is 4.39 Å². The fourth-order valence-electron chi connectivity index (χ4n) is 1.06. The zero-order valence-corrected chi connectivity index (χ0v) is 7.63. The quantitative estimate of drug-likeness (QED) is 0.557. The van der Waals surface area contributed by atoms with Crippen molar-refractivity contribution < 1.29 is 4.39 Å². The number of rotatable bonds is 2. The van der Waals surface area contributed by atoms with Gasteiger partial charge in [0.25, 0.3) is 0 Å². The van der Waals surface area contributed by atoms with Gasteiger partial charge in [-0.05, 0) is 31.0 Å². The molecule has 0 heterocycles. The second-order valence-corrected chi connectivity index (χ2v) is 2.99. The molecule has 1 unspecified atom stereocenters. The summed E-state index contributed by atoms with van der Waals surface area (Å²) in [5, 5.41) is 10.9. The first-order valence-corrected chi connectivity index (χ1v) is 4.06. The number of nitriles is 1. The van der Waals surface area contributed by atoms with Crippen LogP contribution >= 0.6 is 0 Å². The van der Waals surface area contributed by atoms with Crippen LogP contribution < -0.4 is 5.32 Å². The van der Waals surface area contributed by atoms with Crippen LogP contribution in [-0.2, 0) is 0 Å². The smallest absolute Gasteiger partial charge is 0.177 e. The van der Waals surface area contributed by atoms with E-state index in [2.05, 4.69) is 5.32 Å². The summed E-state index contributed by atoms with van der Waals surface area (Å²) in [5.74, 6) is -0.232. The first kappa shape index (κ1) is 9.53. The van der Waals surface area contributed by atoms with Crippen LogP contribution in [0, 0.1) is 24.2 Å². The minimum atomic E-state index is -0.232. The van der Waals surface area contributed by atoms with Crippen LogP contribution in [0.2, 0.25) is 0 Å². The van der Waals surface area contributed by atoms with Gasteiger partial charge in [0.05, 0.1) is 6.04 Å². The molecule has 0 saturated carbocycles. The summed E-state index contributed by atoms with van der Waals surface area (Å²) in [6.45, 7) is 3.52. The normalized spacial score (nSPS) is 11.8. The van der Waals surface area contributed by atoms with Gasteiger partial charge >= 0.3 is 0 Å². The van der Waals surface area contributed by atoms with Crippen LogP contribution in [-0.4, -0.2) is 0 Å². The fourth-order valence-corrected chi connectivity index (χ4v) is 1.06. The molecule has 0 aliphatic rings. The van der Waals surface area contributed by atoms with E-state index in [9.17, 15) is 4.39 Å². The van der Waals surface area contributed by atoms with Crippen molar-refractivity contribution in [2.45, 2.75) is 19.9 Å². The molecule has 1 aromatic carbocycles. The zero-order chi connectivity index (χ0) is 9.84. The first-order valence-electron chi connectivity index (χ1n) is 4.06. The average Bonchev–Trinajstić information content (AvgIpc) is 2.10. The van der Waals surface area contributed by atoms with E-state index in [1.54, 1.807) is 13.0 Å². The topological polar surface area (TPSA) is 35.8 Å². The van der Waals surface area contributed by atoms with Gasteiger partial charge in [0.15, 0.2) is 6.19 Å². The number of hydrogen-bond acceptors (Lipinski definition) is 2. The summed E-state index contributed by atoms with van der Waals surface area (Å²) < 4.78 is 13.1. The van der Waals surface area contributed by atoms with Crippen molar-refractivity contribution in [3.63, 3.8) is 0 Å². The minimum Gasteiger partial charge on any atom is -0.317 e. The van der Waals surface area contributed by atoms with Crippen LogP contribution in [0.4, 0.5) is 4.39 Å². The highest BCUT2D eigenvalue weighted by molar-refractivity contribution is 5.25. The monoisotopic (exact) mass is 178 g/mol. The molecule has 0 spiro atoms. The van der Waals surface area contributed by atoms with Gasteiger partial charge in [0.1, 0.15) is 5.82 Å². The summed E-state index contributed by atoms with van der Waals surface area (Å²) in [7, 11) is 0. The van der Waals surface area contributed by atoms with Gasteiger partial charge in [0.2, 0.25) is 0 Å². The Morgan fingerprint density at radius 1 is 1.54 bits per heavy atom. The summed E-state index contributed by atoms with van der Waals surface area (Å²) in [6.07, 6.45) is 1.83. The lowest BCUT2D eigenvalue weighted by Gasteiger charge is -2.09. The zero-order valence-electron chi connectivity index (χ0n) is 7.63. The van der Waals surface area contributed by atoms with Crippen LogP contribution in [0.25, 0.3) is 0 Å². The second kappa shape index (κ2) is 3.90. The SMILES string of the molecule is Cc1ccc(C(C)NC#N)cc1F. The number of aryl methyl sites for hydroxylation is 1. The Kier molecular flexibility index (Phi) is 2.86. The third-order valence-electron chi connectivity index (χ3n) is 1.98. The molecule has 0 aromatic heterocycles. The molecule has 3 heteroatoms. The van der Waals surface area contributed by atoms with E-state index < -0.39 is 0 Å². The van der Waals surface area contributed by atoms with E-state index >= 15 is 0 Å². The highest BCUT2D eigenvalue weighted by atomic mass is 19.1. The van der Waals surface area contributed by atoms with Crippen LogP contribution in [0.15, 0.2) is 18.2 Å². The molecule has 0 radical (unpaired) electrons. The van der Waals surface area contributed by atoms with Crippen molar-refractivity contribution >= 4 is 0 Å². The Morgan fingerprint density at radius 2 is 2.23 bits per heavy atom. The maximum atomic E-state index is 13.1. The van der Waals surface area contributed by atoms with Gasteiger partial charge in [-0.1, -0.05) is 12.1 Å². The van der Waals surface area contributed by atoms with Crippen molar-refractivity contribution in [2.75, 3.05) is 0 Å². The molecule has 2 nitrogen and oxygen atoms in total. The molecular weight excluding hydrogens is 167 g/mol. The number of benzene rings is 1. The molecule has 1 aromatic rings. The van der Waals surface area contributed by atoms with Gasteiger partial charge in [-0.3, -0.25) is 0 Å².